The summed E-state index contributed by atoms with van der Waals surface area (Å²) >= 11 is 0. The van der Waals surface area contributed by atoms with E-state index >= 15 is 0 Å². The highest BCUT2D eigenvalue weighted by Crippen LogP contribution is 2.18. The van der Waals surface area contributed by atoms with E-state index < -0.39 is 10.8 Å². The molecule has 2 N–H and O–H groups in total. The molecule has 0 aromatic heterocycles. The molecule has 1 aromatic carbocycles. The Kier molecular flexibility index (Phi) is 7.80. The monoisotopic (exact) mass is 299 g/mol. The lowest BCUT2D eigenvalue weighted by molar-refractivity contribution is 0.200. The second kappa shape index (κ2) is 9.10. The van der Waals surface area contributed by atoms with Gasteiger partial charge in [-0.15, -0.1) is 0 Å². The molecule has 0 amide bonds. The van der Waals surface area contributed by atoms with Crippen molar-refractivity contribution in [2.75, 3.05) is 25.2 Å². The first-order valence-corrected chi connectivity index (χ1v) is 8.38. The summed E-state index contributed by atoms with van der Waals surface area (Å²) < 4.78 is 22.4. The second-order valence-corrected chi connectivity index (χ2v) is 6.62. The van der Waals surface area contributed by atoms with Crippen molar-refractivity contribution in [1.82, 2.24) is 0 Å². The first-order chi connectivity index (χ1) is 9.52. The van der Waals surface area contributed by atoms with E-state index in [0.29, 0.717) is 18.1 Å². The highest BCUT2D eigenvalue weighted by molar-refractivity contribution is 7.85. The number of benzene rings is 1. The van der Waals surface area contributed by atoms with E-state index in [4.69, 9.17) is 15.2 Å². The SMILES string of the molecule is COCCCS(=O)CC(N)c1ccc(OC(C)C)cc1. The minimum atomic E-state index is -0.903. The molecule has 0 aliphatic carbocycles. The summed E-state index contributed by atoms with van der Waals surface area (Å²) in [6.07, 6.45) is 0.958. The molecule has 0 saturated heterocycles. The highest BCUT2D eigenvalue weighted by Gasteiger charge is 2.11. The van der Waals surface area contributed by atoms with Gasteiger partial charge < -0.3 is 15.2 Å². The normalized spacial score (nSPS) is 14.2. The van der Waals surface area contributed by atoms with E-state index in [1.54, 1.807) is 7.11 Å². The fourth-order valence-corrected chi connectivity index (χ4v) is 3.01. The fraction of sp³-hybridized carbons (Fsp3) is 0.600. The summed E-state index contributed by atoms with van der Waals surface area (Å²) in [5.74, 6) is 1.95. The van der Waals surface area contributed by atoms with Gasteiger partial charge in [-0.25, -0.2) is 0 Å². The molecule has 4 nitrogen and oxygen atoms in total. The zero-order chi connectivity index (χ0) is 15.0. The summed E-state index contributed by atoms with van der Waals surface area (Å²) in [4.78, 5) is 0. The number of methoxy groups -OCH3 is 1. The predicted octanol–water partition coefficient (Wildman–Crippen LogP) is 2.26. The summed E-state index contributed by atoms with van der Waals surface area (Å²) in [5, 5.41) is 0. The van der Waals surface area contributed by atoms with Crippen molar-refractivity contribution in [3.63, 3.8) is 0 Å². The highest BCUT2D eigenvalue weighted by atomic mass is 32.2. The average Bonchev–Trinajstić information content (AvgIpc) is 2.39. The van der Waals surface area contributed by atoms with Crippen molar-refractivity contribution in [1.29, 1.82) is 0 Å². The van der Waals surface area contributed by atoms with E-state index in [-0.39, 0.29) is 12.1 Å². The van der Waals surface area contributed by atoms with Gasteiger partial charge in [-0.3, -0.25) is 4.21 Å². The van der Waals surface area contributed by atoms with E-state index in [0.717, 1.165) is 17.7 Å². The van der Waals surface area contributed by atoms with Crippen molar-refractivity contribution in [2.24, 2.45) is 5.73 Å². The Balaban J connectivity index is 2.46. The molecule has 1 aromatic rings. The molecule has 2 atom stereocenters. The number of hydrogen-bond acceptors (Lipinski definition) is 4. The van der Waals surface area contributed by atoms with E-state index in [1.807, 2.05) is 38.1 Å². The van der Waals surface area contributed by atoms with Crippen molar-refractivity contribution >= 4 is 10.8 Å². The lowest BCUT2D eigenvalue weighted by atomic mass is 10.1. The van der Waals surface area contributed by atoms with Crippen LogP contribution in [0, 0.1) is 0 Å². The smallest absolute Gasteiger partial charge is 0.119 e. The van der Waals surface area contributed by atoms with Gasteiger partial charge in [0.2, 0.25) is 0 Å². The van der Waals surface area contributed by atoms with Gasteiger partial charge in [-0.2, -0.15) is 0 Å². The number of rotatable bonds is 9. The van der Waals surface area contributed by atoms with Crippen LogP contribution in [0.25, 0.3) is 0 Å². The number of nitrogens with two attached hydrogens (primary N) is 1. The van der Waals surface area contributed by atoms with Gasteiger partial charge in [0, 0.05) is 42.1 Å². The Morgan fingerprint density at radius 3 is 2.45 bits per heavy atom. The summed E-state index contributed by atoms with van der Waals surface area (Å²) in [5.41, 5.74) is 7.07. The summed E-state index contributed by atoms with van der Waals surface area (Å²) in [7, 11) is 0.745. The molecule has 2 unspecified atom stereocenters. The zero-order valence-electron chi connectivity index (χ0n) is 12.5. The van der Waals surface area contributed by atoms with Gasteiger partial charge in [0.15, 0.2) is 0 Å². The van der Waals surface area contributed by atoms with Gasteiger partial charge in [0.25, 0.3) is 0 Å². The van der Waals surface area contributed by atoms with Crippen LogP contribution < -0.4 is 10.5 Å². The number of hydrogen-bond donors (Lipinski definition) is 1. The van der Waals surface area contributed by atoms with Crippen LogP contribution in [-0.2, 0) is 15.5 Å². The molecule has 20 heavy (non-hydrogen) atoms. The van der Waals surface area contributed by atoms with Crippen LogP contribution in [0.15, 0.2) is 24.3 Å². The first kappa shape index (κ1) is 17.1. The molecule has 114 valence electrons. The van der Waals surface area contributed by atoms with Gasteiger partial charge in [-0.05, 0) is 38.0 Å². The van der Waals surface area contributed by atoms with Gasteiger partial charge in [-0.1, -0.05) is 12.1 Å². The quantitative estimate of drug-likeness (QED) is 0.711. The average molecular weight is 299 g/mol. The molecule has 0 saturated carbocycles. The van der Waals surface area contributed by atoms with Crippen LogP contribution in [0.1, 0.15) is 31.9 Å². The molecule has 0 heterocycles. The third kappa shape index (κ3) is 6.50. The van der Waals surface area contributed by atoms with Gasteiger partial charge in [0.05, 0.1) is 6.10 Å². The molecule has 0 radical (unpaired) electrons. The van der Waals surface area contributed by atoms with E-state index in [9.17, 15) is 4.21 Å². The van der Waals surface area contributed by atoms with Crippen molar-refractivity contribution in [3.05, 3.63) is 29.8 Å². The largest absolute Gasteiger partial charge is 0.491 e. The lowest BCUT2D eigenvalue weighted by Crippen LogP contribution is -2.20. The lowest BCUT2D eigenvalue weighted by Gasteiger charge is -2.14. The van der Waals surface area contributed by atoms with E-state index in [2.05, 4.69) is 0 Å². The van der Waals surface area contributed by atoms with Crippen LogP contribution in [0.5, 0.6) is 5.75 Å². The molecule has 0 aliphatic rings. The number of ether oxygens (including phenoxy) is 2. The van der Waals surface area contributed by atoms with Crippen molar-refractivity contribution in [3.8, 4) is 5.75 Å². The predicted molar refractivity (Wildman–Crippen MR) is 83.5 cm³/mol. The maximum atomic E-state index is 11.9. The third-order valence-electron chi connectivity index (χ3n) is 2.77. The van der Waals surface area contributed by atoms with Crippen LogP contribution >= 0.6 is 0 Å². The molecule has 0 fully saturated rings. The Bertz CT molecular complexity index is 406. The Morgan fingerprint density at radius 2 is 1.90 bits per heavy atom. The van der Waals surface area contributed by atoms with Crippen LogP contribution in [0.3, 0.4) is 0 Å². The second-order valence-electron chi connectivity index (χ2n) is 5.00. The third-order valence-corrected chi connectivity index (χ3v) is 4.24. The summed E-state index contributed by atoms with van der Waals surface area (Å²) in [6.45, 7) is 4.62. The summed E-state index contributed by atoms with van der Waals surface area (Å²) in [6, 6.07) is 7.49. The fourth-order valence-electron chi connectivity index (χ4n) is 1.81. The maximum absolute atomic E-state index is 11.9. The van der Waals surface area contributed by atoms with Crippen LogP contribution in [0.2, 0.25) is 0 Å². The van der Waals surface area contributed by atoms with Crippen molar-refractivity contribution in [2.45, 2.75) is 32.4 Å². The minimum Gasteiger partial charge on any atom is -0.491 e. The molecule has 5 heteroatoms. The molecular formula is C15H25NO3S. The topological polar surface area (TPSA) is 61.5 Å². The minimum absolute atomic E-state index is 0.155. The van der Waals surface area contributed by atoms with Gasteiger partial charge >= 0.3 is 0 Å². The molecular weight excluding hydrogens is 274 g/mol. The molecule has 0 bridgehead atoms. The van der Waals surface area contributed by atoms with Crippen LogP contribution in [-0.4, -0.2) is 35.5 Å². The zero-order valence-corrected chi connectivity index (χ0v) is 13.3. The molecule has 1 rings (SSSR count). The standard InChI is InChI=1S/C15H25NO3S/c1-12(2)19-14-7-5-13(6-8-14)15(16)11-20(17)10-4-9-18-3/h5-8,12,15H,4,9-11,16H2,1-3H3. The maximum Gasteiger partial charge on any atom is 0.119 e. The Labute approximate surface area is 124 Å². The first-order valence-electron chi connectivity index (χ1n) is 6.89. The van der Waals surface area contributed by atoms with Crippen LogP contribution in [0.4, 0.5) is 0 Å². The Hall–Kier alpha value is -0.910. The molecule has 0 spiro atoms. The van der Waals surface area contributed by atoms with Crippen molar-refractivity contribution < 1.29 is 13.7 Å². The Morgan fingerprint density at radius 1 is 1.25 bits per heavy atom. The van der Waals surface area contributed by atoms with E-state index in [1.165, 1.54) is 0 Å². The molecule has 0 aliphatic heterocycles. The van der Waals surface area contributed by atoms with Gasteiger partial charge in [0.1, 0.15) is 5.75 Å².